The fourth-order valence-electron chi connectivity index (χ4n) is 3.86. The van der Waals surface area contributed by atoms with E-state index in [1.54, 1.807) is 0 Å². The summed E-state index contributed by atoms with van der Waals surface area (Å²) in [6.45, 7) is 4.09. The van der Waals surface area contributed by atoms with E-state index < -0.39 is 0 Å². The Balaban J connectivity index is 1.85. The van der Waals surface area contributed by atoms with Crippen molar-refractivity contribution in [2.24, 2.45) is 11.8 Å². The zero-order valence-electron chi connectivity index (χ0n) is 12.6. The fraction of sp³-hybridized carbons (Fsp3) is 0.875. The highest BCUT2D eigenvalue weighted by atomic mass is 16.2. The van der Waals surface area contributed by atoms with Crippen molar-refractivity contribution in [3.63, 3.8) is 0 Å². The largest absolute Gasteiger partial charge is 0.342 e. The molecule has 3 fully saturated rings. The molecule has 3 aliphatic rings. The number of hydrogen-bond acceptors (Lipinski definition) is 2. The van der Waals surface area contributed by atoms with Gasteiger partial charge >= 0.3 is 0 Å². The van der Waals surface area contributed by atoms with E-state index in [4.69, 9.17) is 0 Å². The third kappa shape index (κ3) is 2.45. The molecule has 0 bridgehead atoms. The van der Waals surface area contributed by atoms with Crippen LogP contribution in [0.5, 0.6) is 0 Å². The lowest BCUT2D eigenvalue weighted by Gasteiger charge is -2.46. The van der Waals surface area contributed by atoms with Crippen molar-refractivity contribution in [1.29, 1.82) is 0 Å². The molecule has 1 heterocycles. The summed E-state index contributed by atoms with van der Waals surface area (Å²) >= 11 is 0. The van der Waals surface area contributed by atoms with Crippen LogP contribution in [0.3, 0.4) is 0 Å². The highest BCUT2D eigenvalue weighted by Crippen LogP contribution is 2.37. The SMILES string of the molecule is CC(C)C1C(=O)NC(C2CC2)C(=O)N1C1CCCCC1. The summed E-state index contributed by atoms with van der Waals surface area (Å²) in [4.78, 5) is 27.3. The van der Waals surface area contributed by atoms with Crippen LogP contribution in [0, 0.1) is 11.8 Å². The first kappa shape index (κ1) is 13.9. The summed E-state index contributed by atoms with van der Waals surface area (Å²) in [6, 6.07) is -0.212. The first-order chi connectivity index (χ1) is 9.59. The minimum atomic E-state index is -0.263. The summed E-state index contributed by atoms with van der Waals surface area (Å²) < 4.78 is 0. The van der Waals surface area contributed by atoms with E-state index >= 15 is 0 Å². The lowest BCUT2D eigenvalue weighted by atomic mass is 9.88. The Kier molecular flexibility index (Phi) is 3.74. The Bertz CT molecular complexity index is 397. The highest BCUT2D eigenvalue weighted by Gasteiger charge is 2.49. The van der Waals surface area contributed by atoms with Gasteiger partial charge in [-0.05, 0) is 37.5 Å². The second-order valence-electron chi connectivity index (χ2n) is 7.05. The average molecular weight is 278 g/mol. The van der Waals surface area contributed by atoms with Crippen LogP contribution in [0.25, 0.3) is 0 Å². The topological polar surface area (TPSA) is 49.4 Å². The molecule has 2 saturated carbocycles. The van der Waals surface area contributed by atoms with Gasteiger partial charge < -0.3 is 10.2 Å². The maximum atomic E-state index is 12.9. The molecule has 0 aromatic rings. The molecule has 1 saturated heterocycles. The minimum absolute atomic E-state index is 0.0714. The van der Waals surface area contributed by atoms with Gasteiger partial charge in [-0.3, -0.25) is 9.59 Å². The lowest BCUT2D eigenvalue weighted by Crippen LogP contribution is -2.67. The van der Waals surface area contributed by atoms with Crippen LogP contribution in [-0.2, 0) is 9.59 Å². The van der Waals surface area contributed by atoms with Crippen LogP contribution in [0.15, 0.2) is 0 Å². The summed E-state index contributed by atoms with van der Waals surface area (Å²) in [5.41, 5.74) is 0. The van der Waals surface area contributed by atoms with E-state index in [1.807, 2.05) is 18.7 Å². The molecular formula is C16H26N2O2. The van der Waals surface area contributed by atoms with Gasteiger partial charge in [0, 0.05) is 6.04 Å². The summed E-state index contributed by atoms with van der Waals surface area (Å²) in [6.07, 6.45) is 7.95. The van der Waals surface area contributed by atoms with Gasteiger partial charge in [0.15, 0.2) is 0 Å². The first-order valence-electron chi connectivity index (χ1n) is 8.22. The molecule has 3 rings (SSSR count). The van der Waals surface area contributed by atoms with Gasteiger partial charge in [-0.25, -0.2) is 0 Å². The Morgan fingerprint density at radius 3 is 2.25 bits per heavy atom. The smallest absolute Gasteiger partial charge is 0.246 e. The molecule has 2 unspecified atom stereocenters. The van der Waals surface area contributed by atoms with Gasteiger partial charge in [-0.1, -0.05) is 33.1 Å². The minimum Gasteiger partial charge on any atom is -0.342 e. The molecule has 4 nitrogen and oxygen atoms in total. The molecule has 0 spiro atoms. The number of hydrogen-bond donors (Lipinski definition) is 1. The zero-order chi connectivity index (χ0) is 14.3. The van der Waals surface area contributed by atoms with Crippen LogP contribution >= 0.6 is 0 Å². The summed E-state index contributed by atoms with van der Waals surface area (Å²) in [5.74, 6) is 0.839. The van der Waals surface area contributed by atoms with Gasteiger partial charge in [0.05, 0.1) is 0 Å². The molecule has 0 radical (unpaired) electrons. The Hall–Kier alpha value is -1.06. The Labute approximate surface area is 121 Å². The van der Waals surface area contributed by atoms with Crippen molar-refractivity contribution in [3.05, 3.63) is 0 Å². The molecule has 1 N–H and O–H groups in total. The van der Waals surface area contributed by atoms with Crippen molar-refractivity contribution < 1.29 is 9.59 Å². The van der Waals surface area contributed by atoms with Crippen LogP contribution in [0.4, 0.5) is 0 Å². The lowest BCUT2D eigenvalue weighted by molar-refractivity contribution is -0.155. The van der Waals surface area contributed by atoms with Crippen LogP contribution in [0.1, 0.15) is 58.8 Å². The number of piperazine rings is 1. The van der Waals surface area contributed by atoms with Crippen molar-refractivity contribution in [2.45, 2.75) is 76.9 Å². The van der Waals surface area contributed by atoms with E-state index in [-0.39, 0.29) is 35.9 Å². The van der Waals surface area contributed by atoms with Gasteiger partial charge in [0.25, 0.3) is 0 Å². The monoisotopic (exact) mass is 278 g/mol. The summed E-state index contributed by atoms with van der Waals surface area (Å²) in [7, 11) is 0. The second kappa shape index (κ2) is 5.38. The molecule has 20 heavy (non-hydrogen) atoms. The van der Waals surface area contributed by atoms with Crippen molar-refractivity contribution in [2.75, 3.05) is 0 Å². The van der Waals surface area contributed by atoms with Gasteiger partial charge in [0.2, 0.25) is 11.8 Å². The van der Waals surface area contributed by atoms with Crippen LogP contribution in [-0.4, -0.2) is 34.8 Å². The van der Waals surface area contributed by atoms with Gasteiger partial charge in [0.1, 0.15) is 12.1 Å². The molecule has 112 valence electrons. The number of rotatable bonds is 3. The Morgan fingerprint density at radius 2 is 1.70 bits per heavy atom. The third-order valence-corrected chi connectivity index (χ3v) is 5.08. The van der Waals surface area contributed by atoms with Crippen molar-refractivity contribution in [1.82, 2.24) is 10.2 Å². The van der Waals surface area contributed by atoms with Crippen molar-refractivity contribution >= 4 is 11.8 Å². The highest BCUT2D eigenvalue weighted by molar-refractivity contribution is 5.97. The second-order valence-corrected chi connectivity index (χ2v) is 7.05. The molecule has 2 atom stereocenters. The fourth-order valence-corrected chi connectivity index (χ4v) is 3.86. The van der Waals surface area contributed by atoms with Gasteiger partial charge in [-0.15, -0.1) is 0 Å². The maximum absolute atomic E-state index is 12.9. The molecule has 1 aliphatic heterocycles. The quantitative estimate of drug-likeness (QED) is 0.859. The number of carbonyl (C=O) groups is 2. The van der Waals surface area contributed by atoms with E-state index in [2.05, 4.69) is 5.32 Å². The van der Waals surface area contributed by atoms with E-state index in [0.29, 0.717) is 5.92 Å². The molecule has 2 aliphatic carbocycles. The van der Waals surface area contributed by atoms with Crippen LogP contribution in [0.2, 0.25) is 0 Å². The average Bonchev–Trinajstić information content (AvgIpc) is 3.25. The molecule has 4 heteroatoms. The maximum Gasteiger partial charge on any atom is 0.246 e. The number of nitrogens with zero attached hydrogens (tertiary/aromatic N) is 1. The van der Waals surface area contributed by atoms with Crippen molar-refractivity contribution in [3.8, 4) is 0 Å². The molecule has 0 aromatic carbocycles. The number of nitrogens with one attached hydrogen (secondary N) is 1. The predicted molar refractivity (Wildman–Crippen MR) is 77.0 cm³/mol. The van der Waals surface area contributed by atoms with Crippen LogP contribution < -0.4 is 5.32 Å². The molecule has 0 aromatic heterocycles. The Morgan fingerprint density at radius 1 is 1.05 bits per heavy atom. The molecular weight excluding hydrogens is 252 g/mol. The normalized spacial score (nSPS) is 32.6. The van der Waals surface area contributed by atoms with E-state index in [9.17, 15) is 9.59 Å². The predicted octanol–water partition coefficient (Wildman–Crippen LogP) is 2.08. The number of amides is 2. The van der Waals surface area contributed by atoms with E-state index in [0.717, 1.165) is 25.7 Å². The standard InChI is InChI=1S/C16H26N2O2/c1-10(2)14-15(19)17-13(11-8-9-11)16(20)18(14)12-6-4-3-5-7-12/h10-14H,3-9H2,1-2H3,(H,17,19). The summed E-state index contributed by atoms with van der Waals surface area (Å²) in [5, 5.41) is 3.00. The zero-order valence-corrected chi connectivity index (χ0v) is 12.6. The van der Waals surface area contributed by atoms with E-state index in [1.165, 1.54) is 19.3 Å². The van der Waals surface area contributed by atoms with Gasteiger partial charge in [-0.2, -0.15) is 0 Å². The molecule has 2 amide bonds. The number of carbonyl (C=O) groups excluding carboxylic acids is 2. The first-order valence-corrected chi connectivity index (χ1v) is 8.22. The third-order valence-electron chi connectivity index (χ3n) is 5.08.